The van der Waals surface area contributed by atoms with E-state index in [4.69, 9.17) is 10.5 Å². The zero-order valence-corrected chi connectivity index (χ0v) is 23.1. The highest BCUT2D eigenvalue weighted by atomic mass is 32.2. The summed E-state index contributed by atoms with van der Waals surface area (Å²) >= 11 is 0. The molecule has 40 heavy (non-hydrogen) atoms. The van der Waals surface area contributed by atoms with Gasteiger partial charge in [-0.05, 0) is 86.3 Å². The number of carbonyl (C=O) groups is 1. The Labute approximate surface area is 233 Å². The molecule has 210 valence electrons. The van der Waals surface area contributed by atoms with E-state index in [1.54, 1.807) is 41.0 Å². The van der Waals surface area contributed by atoms with Gasteiger partial charge in [-0.15, -0.1) is 0 Å². The van der Waals surface area contributed by atoms with Crippen LogP contribution < -0.4 is 10.5 Å². The van der Waals surface area contributed by atoms with Crippen molar-refractivity contribution in [1.29, 1.82) is 0 Å². The lowest BCUT2D eigenvalue weighted by molar-refractivity contribution is 0.1000. The topological polar surface area (TPSA) is 144 Å². The van der Waals surface area contributed by atoms with Gasteiger partial charge in [-0.1, -0.05) is 0 Å². The Morgan fingerprint density at radius 2 is 1.82 bits per heavy atom. The molecule has 10 nitrogen and oxygen atoms in total. The van der Waals surface area contributed by atoms with Gasteiger partial charge in [0.25, 0.3) is 0 Å². The molecule has 4 aromatic rings. The molecule has 0 spiro atoms. The van der Waals surface area contributed by atoms with Crippen molar-refractivity contribution in [2.45, 2.75) is 44.4 Å². The largest absolute Gasteiger partial charge is 0.493 e. The van der Waals surface area contributed by atoms with E-state index < -0.39 is 15.9 Å². The minimum atomic E-state index is -3.36. The van der Waals surface area contributed by atoms with Crippen LogP contribution in [0.25, 0.3) is 21.9 Å². The first-order valence-electron chi connectivity index (χ1n) is 13.9. The number of hydrogen-bond acceptors (Lipinski definition) is 7. The molecule has 2 aliphatic rings. The molecule has 1 aliphatic heterocycles. The van der Waals surface area contributed by atoms with Crippen LogP contribution in [-0.4, -0.2) is 64.2 Å². The number of nitrogens with zero attached hydrogens (tertiary/aromatic N) is 4. The average Bonchev–Trinajstić information content (AvgIpc) is 3.46. The van der Waals surface area contributed by atoms with Crippen LogP contribution in [0.1, 0.15) is 60.4 Å². The van der Waals surface area contributed by atoms with Crippen LogP contribution in [0.3, 0.4) is 0 Å². The van der Waals surface area contributed by atoms with Crippen LogP contribution in [0.2, 0.25) is 0 Å². The van der Waals surface area contributed by atoms with Crippen molar-refractivity contribution >= 4 is 37.9 Å². The lowest BCUT2D eigenvalue weighted by atomic mass is 9.79. The number of carbonyl (C=O) groups excluding carboxylic acids is 1. The molecule has 1 saturated heterocycles. The summed E-state index contributed by atoms with van der Waals surface area (Å²) in [5, 5.41) is 9.57. The summed E-state index contributed by atoms with van der Waals surface area (Å²) in [5.41, 5.74) is 8.55. The second-order valence-electron chi connectivity index (χ2n) is 11.1. The van der Waals surface area contributed by atoms with Crippen molar-refractivity contribution in [1.82, 2.24) is 24.5 Å². The molecule has 0 radical (unpaired) electrons. The quantitative estimate of drug-likeness (QED) is 0.330. The summed E-state index contributed by atoms with van der Waals surface area (Å²) < 4.78 is 34.4. The Kier molecular flexibility index (Phi) is 7.41. The van der Waals surface area contributed by atoms with E-state index in [2.05, 4.69) is 20.2 Å². The highest BCUT2D eigenvalue weighted by Crippen LogP contribution is 2.40. The average molecular weight is 563 g/mol. The van der Waals surface area contributed by atoms with Crippen molar-refractivity contribution in [2.24, 2.45) is 17.6 Å². The maximum Gasteiger partial charge on any atom is 0.248 e. The number of fused-ring (bicyclic) bond motifs is 3. The van der Waals surface area contributed by atoms with E-state index >= 15 is 0 Å². The predicted octanol–water partition coefficient (Wildman–Crippen LogP) is 4.00. The van der Waals surface area contributed by atoms with Gasteiger partial charge in [-0.3, -0.25) is 9.89 Å². The van der Waals surface area contributed by atoms with E-state index in [-0.39, 0.29) is 17.6 Å². The summed E-state index contributed by atoms with van der Waals surface area (Å²) in [7, 11) is -3.36. The first-order chi connectivity index (χ1) is 19.4. The minimum Gasteiger partial charge on any atom is -0.493 e. The Balaban J connectivity index is 1.05. The van der Waals surface area contributed by atoms with Crippen molar-refractivity contribution in [3.05, 3.63) is 60.0 Å². The van der Waals surface area contributed by atoms with Gasteiger partial charge in [0.2, 0.25) is 15.9 Å². The third-order valence-corrected chi connectivity index (χ3v) is 10.5. The minimum absolute atomic E-state index is 0.128. The first-order valence-corrected chi connectivity index (χ1v) is 15.6. The third-order valence-electron chi connectivity index (χ3n) is 8.44. The van der Waals surface area contributed by atoms with Crippen molar-refractivity contribution in [2.75, 3.05) is 25.4 Å². The maximum atomic E-state index is 13.4. The number of ether oxygens (including phenoxy) is 1. The summed E-state index contributed by atoms with van der Waals surface area (Å²) in [4.78, 5) is 20.0. The molecule has 4 heterocycles. The lowest BCUT2D eigenvalue weighted by Gasteiger charge is -2.34. The van der Waals surface area contributed by atoms with Gasteiger partial charge >= 0.3 is 0 Å². The predicted molar refractivity (Wildman–Crippen MR) is 152 cm³/mol. The molecular formula is C29H34N6O4S. The van der Waals surface area contributed by atoms with Gasteiger partial charge in [0, 0.05) is 41.5 Å². The standard InChI is InChI=1S/C29H34N6O4S/c30-28(36)22-7-9-23(10-8-22)39-17-20-2-1-13-35(16-20)40(37,38)18-19-3-5-21(6-4-19)25-14-33-34-26-15-32-29-24(27(25)26)11-12-31-29/h7-12,14-15,19-21,34H,1-6,13,16-18H2,(H2,30,36). The molecule has 1 amide bonds. The van der Waals surface area contributed by atoms with Gasteiger partial charge in [0.05, 0.1) is 30.3 Å². The van der Waals surface area contributed by atoms with Crippen LogP contribution in [0.5, 0.6) is 5.75 Å². The third kappa shape index (κ3) is 5.53. The Bertz CT molecular complexity index is 1610. The second kappa shape index (κ2) is 11.1. The number of primary amides is 1. The monoisotopic (exact) mass is 562 g/mol. The molecule has 1 aliphatic carbocycles. The number of nitrogens with two attached hydrogens (primary N) is 1. The number of pyridine rings is 1. The number of hydrogen-bond donors (Lipinski definition) is 2. The van der Waals surface area contributed by atoms with E-state index in [0.717, 1.165) is 60.5 Å². The summed E-state index contributed by atoms with van der Waals surface area (Å²) in [6, 6.07) is 8.70. The Hall–Kier alpha value is -3.57. The molecule has 3 N–H and O–H groups in total. The summed E-state index contributed by atoms with van der Waals surface area (Å²) in [6.07, 6.45) is 10.9. The van der Waals surface area contributed by atoms with Gasteiger partial charge < -0.3 is 10.5 Å². The lowest BCUT2D eigenvalue weighted by Crippen LogP contribution is -2.43. The van der Waals surface area contributed by atoms with Crippen molar-refractivity contribution in [3.63, 3.8) is 0 Å². The molecule has 6 rings (SSSR count). The van der Waals surface area contributed by atoms with Gasteiger partial charge in [-0.25, -0.2) is 22.7 Å². The van der Waals surface area contributed by atoms with Crippen molar-refractivity contribution in [3.8, 4) is 5.75 Å². The smallest absolute Gasteiger partial charge is 0.248 e. The number of amides is 1. The number of benzene rings is 1. The molecule has 1 atom stereocenters. The number of sulfonamides is 1. The van der Waals surface area contributed by atoms with E-state index in [0.29, 0.717) is 36.9 Å². The Morgan fingerprint density at radius 1 is 1.02 bits per heavy atom. The normalized spacial score (nSPS) is 22.4. The number of H-pyrrole nitrogens is 1. The van der Waals surface area contributed by atoms with Crippen LogP contribution in [-0.2, 0) is 10.0 Å². The first kappa shape index (κ1) is 26.6. The van der Waals surface area contributed by atoms with E-state index in [1.807, 2.05) is 12.3 Å². The molecule has 1 aromatic carbocycles. The second-order valence-corrected chi connectivity index (χ2v) is 13.1. The van der Waals surface area contributed by atoms with Crippen LogP contribution >= 0.6 is 0 Å². The van der Waals surface area contributed by atoms with Gasteiger partial charge in [-0.2, -0.15) is 5.10 Å². The summed E-state index contributed by atoms with van der Waals surface area (Å²) in [5.74, 6) is 0.975. The molecule has 11 heteroatoms. The number of aromatic amines is 1. The van der Waals surface area contributed by atoms with Crippen LogP contribution in [0.15, 0.2) is 48.9 Å². The molecule has 0 bridgehead atoms. The zero-order chi connectivity index (χ0) is 27.7. The zero-order valence-electron chi connectivity index (χ0n) is 22.3. The fourth-order valence-corrected chi connectivity index (χ4v) is 8.27. The van der Waals surface area contributed by atoms with Gasteiger partial charge in [0.15, 0.2) is 5.65 Å². The van der Waals surface area contributed by atoms with E-state index in [1.165, 1.54) is 5.56 Å². The molecule has 2 fully saturated rings. The Morgan fingerprint density at radius 3 is 2.60 bits per heavy atom. The SMILES string of the molecule is NC(=O)c1ccc(OCC2CCCN(S(=O)(=O)CC3CCC(c4cn[nH]c5cnc6nccc6c45)CC3)C2)cc1. The highest BCUT2D eigenvalue weighted by molar-refractivity contribution is 7.89. The number of nitrogens with one attached hydrogen (secondary N) is 1. The van der Waals surface area contributed by atoms with Crippen LogP contribution in [0, 0.1) is 11.8 Å². The number of piperidine rings is 1. The van der Waals surface area contributed by atoms with Crippen LogP contribution in [0.4, 0.5) is 0 Å². The number of aromatic nitrogens is 4. The van der Waals surface area contributed by atoms with E-state index in [9.17, 15) is 13.2 Å². The fraction of sp³-hybridized carbons (Fsp3) is 0.448. The molecular weight excluding hydrogens is 528 g/mol. The summed E-state index contributed by atoms with van der Waals surface area (Å²) in [6.45, 7) is 1.48. The maximum absolute atomic E-state index is 13.4. The fourth-order valence-electron chi connectivity index (χ4n) is 6.29. The molecule has 1 saturated carbocycles. The molecule has 3 aromatic heterocycles. The highest BCUT2D eigenvalue weighted by Gasteiger charge is 2.33. The molecule has 1 unspecified atom stereocenters. The number of rotatable bonds is 8. The van der Waals surface area contributed by atoms with Crippen molar-refractivity contribution < 1.29 is 17.9 Å². The van der Waals surface area contributed by atoms with Gasteiger partial charge in [0.1, 0.15) is 5.75 Å².